The molecule has 268 valence electrons. The van der Waals surface area contributed by atoms with E-state index in [0.717, 1.165) is 17.0 Å². The Morgan fingerprint density at radius 3 is 1.62 bits per heavy atom. The molecule has 0 saturated heterocycles. The number of carbonyl (C=O) groups excluding carboxylic acids is 3. The van der Waals surface area contributed by atoms with Gasteiger partial charge in [-0.05, 0) is 6.42 Å². The van der Waals surface area contributed by atoms with Crippen LogP contribution < -0.4 is 5.32 Å². The van der Waals surface area contributed by atoms with Crippen LogP contribution in [0.2, 0.25) is 0 Å². The summed E-state index contributed by atoms with van der Waals surface area (Å²) in [5, 5.41) is 55.7. The number of nitrogens with one attached hydrogen (secondary N) is 1. The van der Waals surface area contributed by atoms with Gasteiger partial charge in [0.2, 0.25) is 5.91 Å². The number of carbonyl (C=O) groups is 7. The van der Waals surface area contributed by atoms with E-state index >= 15 is 0 Å². The minimum Gasteiger partial charge on any atom is -0.480 e. The Bertz CT molecular complexity index is 1250. The molecule has 2 atom stereocenters. The molecule has 23 nitrogen and oxygen atoms in total. The summed E-state index contributed by atoms with van der Waals surface area (Å²) in [5.74, 6) is -8.62. The maximum Gasteiger partial charge on any atom is 0.472 e. The van der Waals surface area contributed by atoms with Gasteiger partial charge in [0.1, 0.15) is 6.61 Å². The minimum atomic E-state index is -4.78. The summed E-state index contributed by atoms with van der Waals surface area (Å²) in [6, 6.07) is 2.21. The van der Waals surface area contributed by atoms with Crippen molar-refractivity contribution in [2.45, 2.75) is 12.5 Å². The third kappa shape index (κ3) is 23.6. The van der Waals surface area contributed by atoms with Gasteiger partial charge < -0.3 is 40.1 Å². The molecule has 6 N–H and O–H groups in total. The van der Waals surface area contributed by atoms with Crippen molar-refractivity contribution in [3.63, 3.8) is 0 Å². The number of carboxylic acids is 4. The van der Waals surface area contributed by atoms with Crippen LogP contribution in [-0.2, 0) is 56.6 Å². The monoisotopic (exact) mass is 710 g/mol. The Kier molecular flexibility index (Phi) is 21.2. The molecule has 48 heavy (non-hydrogen) atoms. The van der Waals surface area contributed by atoms with E-state index in [0.29, 0.717) is 0 Å². The van der Waals surface area contributed by atoms with Gasteiger partial charge in [0.25, 0.3) is 0 Å². The lowest BCUT2D eigenvalue weighted by Gasteiger charge is -2.27. The Hall–Kier alpha value is -4.74. The van der Waals surface area contributed by atoms with Crippen LogP contribution in [0.3, 0.4) is 0 Å². The highest BCUT2D eigenvalue weighted by Crippen LogP contribution is 2.43. The molecule has 24 heteroatoms. The van der Waals surface area contributed by atoms with Crippen molar-refractivity contribution in [1.82, 2.24) is 20.0 Å². The zero-order valence-corrected chi connectivity index (χ0v) is 26.2. The summed E-state index contributed by atoms with van der Waals surface area (Å²) < 4.78 is 30.4. The lowest BCUT2D eigenvalue weighted by Crippen LogP contribution is -2.46. The van der Waals surface area contributed by atoms with Gasteiger partial charge in [0.05, 0.1) is 45.9 Å². The molecule has 0 aliphatic carbocycles. The number of phosphoric acid groups is 1. The van der Waals surface area contributed by atoms with Crippen LogP contribution in [0, 0.1) is 22.7 Å². The average molecular weight is 711 g/mol. The number of phosphoric ester groups is 1. The zero-order valence-electron chi connectivity index (χ0n) is 25.3. The topological polar surface area (TPSA) is 344 Å². The van der Waals surface area contributed by atoms with Crippen molar-refractivity contribution >= 4 is 49.5 Å². The Labute approximate surface area is 272 Å². The second-order valence-electron chi connectivity index (χ2n) is 9.42. The first-order valence-corrected chi connectivity index (χ1v) is 15.1. The van der Waals surface area contributed by atoms with Crippen molar-refractivity contribution in [2.75, 3.05) is 85.3 Å². The van der Waals surface area contributed by atoms with Gasteiger partial charge in [-0.1, -0.05) is 0 Å². The molecule has 0 aromatic rings. The lowest BCUT2D eigenvalue weighted by molar-refractivity contribution is -0.153. The molecule has 0 aromatic heterocycles. The highest BCUT2D eigenvalue weighted by molar-refractivity contribution is 7.47. The number of hydrogen-bond donors (Lipinski definition) is 6. The minimum absolute atomic E-state index is 0.0548. The van der Waals surface area contributed by atoms with Gasteiger partial charge in [0, 0.05) is 32.7 Å². The van der Waals surface area contributed by atoms with Gasteiger partial charge in [0.15, 0.2) is 18.2 Å². The van der Waals surface area contributed by atoms with Crippen molar-refractivity contribution < 1.29 is 82.0 Å². The molecule has 0 aliphatic heterocycles. The summed E-state index contributed by atoms with van der Waals surface area (Å²) in [6.45, 7) is -5.51. The number of nitrogens with zero attached hydrogens (tertiary/aromatic N) is 5. The summed E-state index contributed by atoms with van der Waals surface area (Å²) in [4.78, 5) is 92.5. The van der Waals surface area contributed by atoms with Crippen LogP contribution in [0.1, 0.15) is 6.42 Å². The van der Waals surface area contributed by atoms with Gasteiger partial charge in [-0.25, -0.2) is 14.2 Å². The first-order chi connectivity index (χ1) is 22.5. The van der Waals surface area contributed by atoms with Gasteiger partial charge >= 0.3 is 43.6 Å². The van der Waals surface area contributed by atoms with Gasteiger partial charge in [-0.15, -0.1) is 0 Å². The standard InChI is InChI=1S/C24H35N6O17P/c25-8-23(40)44-15-17(47-24(41)9-26)16-46-48(42,43)45-7-1-2-27-18(31)10-29(12-20(34)35)5-3-28(11-19(32)33)4-6-30(13-21(36)37)14-22(38)39/h17H,1-7,10-16H2,(H,27,31)(H,32,33)(H,34,35)(H,36,37)(H,38,39)(H,42,43)/t17-/m1/s1. The van der Waals surface area contributed by atoms with E-state index in [1.165, 1.54) is 9.80 Å². The van der Waals surface area contributed by atoms with Gasteiger partial charge in [-0.2, -0.15) is 10.5 Å². The van der Waals surface area contributed by atoms with Gasteiger partial charge in [-0.3, -0.25) is 47.7 Å². The largest absolute Gasteiger partial charge is 0.480 e. The van der Waals surface area contributed by atoms with Crippen LogP contribution in [-0.4, -0.2) is 173 Å². The molecule has 0 rings (SSSR count). The quantitative estimate of drug-likeness (QED) is 0.0207. The fraction of sp³-hybridized carbons (Fsp3) is 0.625. The fourth-order valence-corrected chi connectivity index (χ4v) is 4.27. The SMILES string of the molecule is N#CC(=O)OC[C@H](COP(=O)(O)OCCCNC(=O)CN(CCN(CCN(CC(=O)O)CC(=O)O)CC(=O)O)CC(=O)O)OC(=O)C#N. The van der Waals surface area contributed by atoms with E-state index < -0.39 is 108 Å². The number of aliphatic carboxylic acids is 4. The number of hydrogen-bond acceptors (Lipinski definition) is 17. The molecular weight excluding hydrogens is 675 g/mol. The second-order valence-corrected chi connectivity index (χ2v) is 10.9. The van der Waals surface area contributed by atoms with Crippen LogP contribution >= 0.6 is 7.82 Å². The molecule has 0 radical (unpaired) electrons. The van der Waals surface area contributed by atoms with Crippen molar-refractivity contribution in [3.05, 3.63) is 0 Å². The molecule has 0 spiro atoms. The summed E-state index contributed by atoms with van der Waals surface area (Å²) in [6.07, 6.45) is -1.59. The lowest BCUT2D eigenvalue weighted by atomic mass is 10.3. The van der Waals surface area contributed by atoms with E-state index in [2.05, 4.69) is 19.3 Å². The number of rotatable bonds is 27. The number of amides is 1. The van der Waals surface area contributed by atoms with Crippen LogP contribution in [0.25, 0.3) is 0 Å². The first-order valence-electron chi connectivity index (χ1n) is 13.6. The summed E-state index contributed by atoms with van der Waals surface area (Å²) in [5.41, 5.74) is 0. The predicted molar refractivity (Wildman–Crippen MR) is 151 cm³/mol. The number of carboxylic acid groups (broad SMARTS) is 4. The molecule has 0 saturated carbocycles. The highest BCUT2D eigenvalue weighted by atomic mass is 31.2. The molecule has 0 heterocycles. The third-order valence-electron chi connectivity index (χ3n) is 5.45. The van der Waals surface area contributed by atoms with Crippen molar-refractivity contribution in [2.24, 2.45) is 0 Å². The Morgan fingerprint density at radius 2 is 1.15 bits per heavy atom. The maximum absolute atomic E-state index is 12.4. The van der Waals surface area contributed by atoms with Crippen LogP contribution in [0.5, 0.6) is 0 Å². The zero-order chi connectivity index (χ0) is 36.7. The normalized spacial score (nSPS) is 12.7. The molecular formula is C24H35N6O17P. The first kappa shape index (κ1) is 43.3. The summed E-state index contributed by atoms with van der Waals surface area (Å²) >= 11 is 0. The molecule has 1 amide bonds. The van der Waals surface area contributed by atoms with Crippen LogP contribution in [0.15, 0.2) is 0 Å². The highest BCUT2D eigenvalue weighted by Gasteiger charge is 2.26. The Morgan fingerprint density at radius 1 is 0.688 bits per heavy atom. The fourth-order valence-electron chi connectivity index (χ4n) is 3.48. The average Bonchev–Trinajstić information content (AvgIpc) is 2.97. The van der Waals surface area contributed by atoms with Crippen molar-refractivity contribution in [3.8, 4) is 12.1 Å². The number of esters is 2. The third-order valence-corrected chi connectivity index (χ3v) is 6.43. The smallest absolute Gasteiger partial charge is 0.472 e. The van der Waals surface area contributed by atoms with E-state index in [1.54, 1.807) is 0 Å². The maximum atomic E-state index is 12.4. The van der Waals surface area contributed by atoms with Crippen LogP contribution in [0.4, 0.5) is 0 Å². The molecule has 0 fully saturated rings. The molecule has 0 aromatic carbocycles. The molecule has 0 aliphatic rings. The number of ether oxygens (including phenoxy) is 2. The second kappa shape index (κ2) is 23.6. The molecule has 0 bridgehead atoms. The van der Waals surface area contributed by atoms with E-state index in [1.807, 2.05) is 0 Å². The van der Waals surface area contributed by atoms with E-state index in [4.69, 9.17) is 25.3 Å². The predicted octanol–water partition coefficient (Wildman–Crippen LogP) is -3.63. The van der Waals surface area contributed by atoms with E-state index in [-0.39, 0.29) is 39.1 Å². The summed E-state index contributed by atoms with van der Waals surface area (Å²) in [7, 11) is -4.78. The van der Waals surface area contributed by atoms with E-state index in [9.17, 15) is 53.2 Å². The molecule has 1 unspecified atom stereocenters. The Balaban J connectivity index is 4.89. The number of nitriles is 2. The van der Waals surface area contributed by atoms with Crippen molar-refractivity contribution in [1.29, 1.82) is 10.5 Å².